The molecule has 0 atom stereocenters. The number of rotatable bonds is 8. The lowest BCUT2D eigenvalue weighted by molar-refractivity contribution is -0.115. The molecule has 3 aromatic rings. The number of hydrogen-bond acceptors (Lipinski definition) is 7. The average molecular weight is 458 g/mol. The molecule has 8 nitrogen and oxygen atoms in total. The minimum absolute atomic E-state index is 0.0209. The second-order valence-corrected chi connectivity index (χ2v) is 8.92. The fourth-order valence-electron chi connectivity index (χ4n) is 3.11. The summed E-state index contributed by atoms with van der Waals surface area (Å²) >= 11 is 1.01. The molecule has 0 aliphatic rings. The first-order valence-corrected chi connectivity index (χ1v) is 11.2. The van der Waals surface area contributed by atoms with Crippen molar-refractivity contribution in [3.63, 3.8) is 0 Å². The van der Waals surface area contributed by atoms with Crippen LogP contribution in [0.25, 0.3) is 5.65 Å². The van der Waals surface area contributed by atoms with Gasteiger partial charge in [0.15, 0.2) is 0 Å². The van der Waals surface area contributed by atoms with Crippen LogP contribution in [0.4, 0.5) is 5.00 Å². The number of esters is 2. The highest BCUT2D eigenvalue weighted by Gasteiger charge is 2.27. The van der Waals surface area contributed by atoms with Gasteiger partial charge in [-0.1, -0.05) is 13.8 Å². The number of pyridine rings is 1. The van der Waals surface area contributed by atoms with Crippen LogP contribution in [0.1, 0.15) is 57.6 Å². The molecule has 3 aromatic heterocycles. The monoisotopic (exact) mass is 457 g/mol. The minimum Gasteiger partial charge on any atom is -0.462 e. The third-order valence-electron chi connectivity index (χ3n) is 4.62. The predicted octanol–water partition coefficient (Wildman–Crippen LogP) is 4.18. The van der Waals surface area contributed by atoms with Gasteiger partial charge in [0.1, 0.15) is 15.5 Å². The summed E-state index contributed by atoms with van der Waals surface area (Å²) < 4.78 is 12.3. The van der Waals surface area contributed by atoms with Gasteiger partial charge in [0.05, 0.1) is 30.9 Å². The number of carbonyl (C=O) groups excluding carboxylic acids is 3. The van der Waals surface area contributed by atoms with Gasteiger partial charge in [0, 0.05) is 12.4 Å². The molecule has 0 bridgehead atoms. The fourth-order valence-corrected chi connectivity index (χ4v) is 4.21. The lowest BCUT2D eigenvalue weighted by Gasteiger charge is -2.07. The van der Waals surface area contributed by atoms with Crippen LogP contribution < -0.4 is 5.32 Å². The highest BCUT2D eigenvalue weighted by Crippen LogP contribution is 2.34. The van der Waals surface area contributed by atoms with E-state index in [-0.39, 0.29) is 46.9 Å². The van der Waals surface area contributed by atoms with Crippen LogP contribution in [-0.4, -0.2) is 40.4 Å². The van der Waals surface area contributed by atoms with E-state index in [0.717, 1.165) is 22.5 Å². The topological polar surface area (TPSA) is 99.0 Å². The van der Waals surface area contributed by atoms with Crippen molar-refractivity contribution in [2.75, 3.05) is 18.5 Å². The molecule has 170 valence electrons. The Morgan fingerprint density at radius 3 is 2.62 bits per heavy atom. The van der Waals surface area contributed by atoms with Gasteiger partial charge in [0.25, 0.3) is 0 Å². The van der Waals surface area contributed by atoms with Crippen LogP contribution in [0.15, 0.2) is 24.5 Å². The molecule has 32 heavy (non-hydrogen) atoms. The van der Waals surface area contributed by atoms with E-state index in [1.165, 1.54) is 0 Å². The molecule has 0 aromatic carbocycles. The van der Waals surface area contributed by atoms with Gasteiger partial charge >= 0.3 is 11.9 Å². The number of nitrogens with one attached hydrogen (secondary N) is 1. The Balaban J connectivity index is 1.83. The maximum absolute atomic E-state index is 12.7. The molecule has 0 saturated heterocycles. The highest BCUT2D eigenvalue weighted by atomic mass is 32.1. The summed E-state index contributed by atoms with van der Waals surface area (Å²) in [4.78, 5) is 42.6. The highest BCUT2D eigenvalue weighted by molar-refractivity contribution is 7.18. The Bertz CT molecular complexity index is 1160. The van der Waals surface area contributed by atoms with Crippen LogP contribution in [0, 0.1) is 19.8 Å². The molecule has 0 fully saturated rings. The summed E-state index contributed by atoms with van der Waals surface area (Å²) in [5.74, 6) is -1.29. The van der Waals surface area contributed by atoms with Crippen molar-refractivity contribution < 1.29 is 23.9 Å². The Labute approximate surface area is 190 Å². The number of fused-ring (bicyclic) bond motifs is 1. The van der Waals surface area contributed by atoms with E-state index < -0.39 is 11.9 Å². The van der Waals surface area contributed by atoms with Gasteiger partial charge in [-0.3, -0.25) is 4.79 Å². The van der Waals surface area contributed by atoms with Crippen LogP contribution >= 0.6 is 11.3 Å². The molecular formula is C23H27N3O5S. The van der Waals surface area contributed by atoms with Gasteiger partial charge in [0.2, 0.25) is 5.91 Å². The van der Waals surface area contributed by atoms with Crippen molar-refractivity contribution in [2.24, 2.45) is 5.92 Å². The van der Waals surface area contributed by atoms with Gasteiger partial charge < -0.3 is 19.2 Å². The average Bonchev–Trinajstić information content (AvgIpc) is 3.25. The molecule has 0 spiro atoms. The van der Waals surface area contributed by atoms with Gasteiger partial charge in [-0.05, 0) is 49.9 Å². The fraction of sp³-hybridized carbons (Fsp3) is 0.391. The number of anilines is 1. The van der Waals surface area contributed by atoms with E-state index in [1.54, 1.807) is 20.0 Å². The van der Waals surface area contributed by atoms with E-state index in [4.69, 9.17) is 9.47 Å². The Kier molecular flexibility index (Phi) is 7.29. The molecule has 9 heteroatoms. The molecule has 0 unspecified atom stereocenters. The molecule has 1 N–H and O–H groups in total. The van der Waals surface area contributed by atoms with Gasteiger partial charge in [-0.2, -0.15) is 0 Å². The van der Waals surface area contributed by atoms with Gasteiger partial charge in [-0.25, -0.2) is 14.6 Å². The summed E-state index contributed by atoms with van der Waals surface area (Å²) in [5, 5.41) is 3.02. The first-order chi connectivity index (χ1) is 15.2. The number of imidazole rings is 1. The SMILES string of the molecule is CCOC(=O)c1c(NC(=O)Cc2cn3ccc(C)cc3n2)sc(C(=O)OCC(C)C)c1C. The molecule has 0 aliphatic heterocycles. The molecule has 0 aliphatic carbocycles. The van der Waals surface area contributed by atoms with E-state index in [1.807, 2.05) is 43.5 Å². The molecule has 0 radical (unpaired) electrons. The number of thiophene rings is 1. The van der Waals surface area contributed by atoms with E-state index in [2.05, 4.69) is 10.3 Å². The predicted molar refractivity (Wildman–Crippen MR) is 122 cm³/mol. The van der Waals surface area contributed by atoms with E-state index in [0.29, 0.717) is 11.3 Å². The first-order valence-electron chi connectivity index (χ1n) is 10.4. The third kappa shape index (κ3) is 5.34. The Morgan fingerprint density at radius 2 is 1.94 bits per heavy atom. The van der Waals surface area contributed by atoms with Crippen LogP contribution in [0.3, 0.4) is 0 Å². The maximum Gasteiger partial charge on any atom is 0.348 e. The molecule has 3 rings (SSSR count). The van der Waals surface area contributed by atoms with Crippen molar-refractivity contribution >= 4 is 39.8 Å². The van der Waals surface area contributed by atoms with Crippen molar-refractivity contribution in [1.29, 1.82) is 0 Å². The summed E-state index contributed by atoms with van der Waals surface area (Å²) in [6.45, 7) is 9.63. The molecule has 3 heterocycles. The quantitative estimate of drug-likeness (QED) is 0.510. The van der Waals surface area contributed by atoms with E-state index >= 15 is 0 Å². The van der Waals surface area contributed by atoms with Gasteiger partial charge in [-0.15, -0.1) is 11.3 Å². The third-order valence-corrected chi connectivity index (χ3v) is 5.81. The minimum atomic E-state index is -0.595. The number of carbonyl (C=O) groups is 3. The standard InChI is InChI=1S/C23H27N3O5S/c1-6-30-22(28)19-15(5)20(23(29)31-12-13(2)3)32-21(19)25-18(27)10-16-11-26-8-7-14(4)9-17(26)24-16/h7-9,11,13H,6,10,12H2,1-5H3,(H,25,27). The lowest BCUT2D eigenvalue weighted by Crippen LogP contribution is -2.16. The largest absolute Gasteiger partial charge is 0.462 e. The summed E-state index contributed by atoms with van der Waals surface area (Å²) in [6.07, 6.45) is 3.69. The number of ether oxygens (including phenoxy) is 2. The van der Waals surface area contributed by atoms with Crippen molar-refractivity contribution in [3.8, 4) is 0 Å². The summed E-state index contributed by atoms with van der Waals surface area (Å²) in [7, 11) is 0. The second-order valence-electron chi connectivity index (χ2n) is 7.90. The number of aryl methyl sites for hydroxylation is 1. The van der Waals surface area contributed by atoms with Crippen molar-refractivity contribution in [1.82, 2.24) is 9.38 Å². The molecule has 1 amide bonds. The van der Waals surface area contributed by atoms with Crippen LogP contribution in [0.2, 0.25) is 0 Å². The van der Waals surface area contributed by atoms with E-state index in [9.17, 15) is 14.4 Å². The zero-order chi connectivity index (χ0) is 23.4. The van der Waals surface area contributed by atoms with Crippen molar-refractivity contribution in [2.45, 2.75) is 41.0 Å². The molecular weight excluding hydrogens is 430 g/mol. The number of aromatic nitrogens is 2. The number of amides is 1. The smallest absolute Gasteiger partial charge is 0.348 e. The van der Waals surface area contributed by atoms with Crippen molar-refractivity contribution in [3.05, 3.63) is 51.8 Å². The Hall–Kier alpha value is -3.20. The summed E-state index contributed by atoms with van der Waals surface area (Å²) in [5.41, 5.74) is 3.02. The van der Waals surface area contributed by atoms with Crippen LogP contribution in [0.5, 0.6) is 0 Å². The zero-order valence-electron chi connectivity index (χ0n) is 18.9. The normalized spacial score (nSPS) is 11.1. The summed E-state index contributed by atoms with van der Waals surface area (Å²) in [6, 6.07) is 3.89. The second kappa shape index (κ2) is 9.95. The maximum atomic E-state index is 12.7. The number of nitrogens with zero attached hydrogens (tertiary/aromatic N) is 2. The molecule has 0 saturated carbocycles. The first kappa shape index (κ1) is 23.5. The lowest BCUT2D eigenvalue weighted by atomic mass is 10.1. The Morgan fingerprint density at radius 1 is 1.19 bits per heavy atom. The number of hydrogen-bond donors (Lipinski definition) is 1. The van der Waals surface area contributed by atoms with Crippen LogP contribution in [-0.2, 0) is 20.7 Å². The zero-order valence-corrected chi connectivity index (χ0v) is 19.7.